The zero-order valence-electron chi connectivity index (χ0n) is 7.82. The SMILES string of the molecule is C[C@@H](CO)NC(=O)N1CCOCC1. The molecule has 0 radical (unpaired) electrons. The summed E-state index contributed by atoms with van der Waals surface area (Å²) in [5, 5.41) is 11.4. The molecule has 0 spiro atoms. The van der Waals surface area contributed by atoms with Gasteiger partial charge in [-0.15, -0.1) is 0 Å². The second-order valence-corrected chi connectivity index (χ2v) is 3.13. The molecular formula is C8H16N2O3. The van der Waals surface area contributed by atoms with E-state index in [9.17, 15) is 4.79 Å². The third kappa shape index (κ3) is 3.20. The number of carbonyl (C=O) groups excluding carboxylic acids is 1. The zero-order chi connectivity index (χ0) is 9.68. The van der Waals surface area contributed by atoms with Gasteiger partial charge in [0, 0.05) is 13.1 Å². The average molecular weight is 188 g/mol. The summed E-state index contributed by atoms with van der Waals surface area (Å²) in [4.78, 5) is 13.1. The lowest BCUT2D eigenvalue weighted by Crippen LogP contribution is -2.49. The molecular weight excluding hydrogens is 172 g/mol. The summed E-state index contributed by atoms with van der Waals surface area (Å²) in [6.07, 6.45) is 0. The summed E-state index contributed by atoms with van der Waals surface area (Å²) in [6, 6.07) is -0.305. The average Bonchev–Trinajstić information content (AvgIpc) is 2.19. The molecule has 0 bridgehead atoms. The van der Waals surface area contributed by atoms with Crippen LogP contribution in [0, 0.1) is 0 Å². The molecule has 0 aromatic heterocycles. The van der Waals surface area contributed by atoms with E-state index in [1.54, 1.807) is 11.8 Å². The molecule has 76 valence electrons. The number of nitrogens with zero attached hydrogens (tertiary/aromatic N) is 1. The van der Waals surface area contributed by atoms with Crippen LogP contribution in [-0.2, 0) is 4.74 Å². The van der Waals surface area contributed by atoms with Gasteiger partial charge in [0.25, 0.3) is 0 Å². The molecule has 1 heterocycles. The number of urea groups is 1. The van der Waals surface area contributed by atoms with Gasteiger partial charge in [0.15, 0.2) is 0 Å². The molecule has 1 aliphatic rings. The minimum absolute atomic E-state index is 0.0317. The summed E-state index contributed by atoms with van der Waals surface area (Å²) >= 11 is 0. The van der Waals surface area contributed by atoms with Gasteiger partial charge in [-0.25, -0.2) is 4.79 Å². The lowest BCUT2D eigenvalue weighted by atomic mass is 10.3. The molecule has 1 fully saturated rings. The normalized spacial score (nSPS) is 19.7. The van der Waals surface area contributed by atoms with Crippen LogP contribution >= 0.6 is 0 Å². The standard InChI is InChI=1S/C8H16N2O3/c1-7(6-11)9-8(12)10-2-4-13-5-3-10/h7,11H,2-6H2,1H3,(H,9,12)/t7-/m0/s1. The number of amides is 2. The highest BCUT2D eigenvalue weighted by atomic mass is 16.5. The van der Waals surface area contributed by atoms with Crippen LogP contribution in [0.3, 0.4) is 0 Å². The number of ether oxygens (including phenoxy) is 1. The van der Waals surface area contributed by atoms with Crippen LogP contribution in [0.2, 0.25) is 0 Å². The Bertz CT molecular complexity index is 169. The Kier molecular flexibility index (Phi) is 3.98. The van der Waals surface area contributed by atoms with Crippen molar-refractivity contribution in [3.63, 3.8) is 0 Å². The number of rotatable bonds is 2. The monoisotopic (exact) mass is 188 g/mol. The number of hydrogen-bond donors (Lipinski definition) is 2. The Morgan fingerprint density at radius 2 is 2.23 bits per heavy atom. The number of hydrogen-bond acceptors (Lipinski definition) is 3. The van der Waals surface area contributed by atoms with Crippen molar-refractivity contribution < 1.29 is 14.6 Å². The topological polar surface area (TPSA) is 61.8 Å². The highest BCUT2D eigenvalue weighted by Gasteiger charge is 2.17. The Hall–Kier alpha value is -0.810. The molecule has 1 aliphatic heterocycles. The molecule has 0 saturated carbocycles. The van der Waals surface area contributed by atoms with Crippen LogP contribution in [0.25, 0.3) is 0 Å². The molecule has 13 heavy (non-hydrogen) atoms. The van der Waals surface area contributed by atoms with Gasteiger partial charge in [0.05, 0.1) is 25.9 Å². The Morgan fingerprint density at radius 3 is 2.77 bits per heavy atom. The molecule has 0 aromatic rings. The maximum Gasteiger partial charge on any atom is 0.317 e. The molecule has 2 amide bonds. The Balaban J connectivity index is 2.29. The highest BCUT2D eigenvalue weighted by molar-refractivity contribution is 5.74. The number of nitrogens with one attached hydrogen (secondary N) is 1. The van der Waals surface area contributed by atoms with E-state index in [2.05, 4.69) is 5.32 Å². The minimum Gasteiger partial charge on any atom is -0.394 e. The van der Waals surface area contributed by atoms with Crippen molar-refractivity contribution in [2.24, 2.45) is 0 Å². The fourth-order valence-electron chi connectivity index (χ4n) is 1.11. The molecule has 1 atom stereocenters. The van der Waals surface area contributed by atoms with Crippen LogP contribution < -0.4 is 5.32 Å². The Morgan fingerprint density at radius 1 is 1.62 bits per heavy atom. The smallest absolute Gasteiger partial charge is 0.317 e. The highest BCUT2D eigenvalue weighted by Crippen LogP contribution is 1.97. The Labute approximate surface area is 77.7 Å². The zero-order valence-corrected chi connectivity index (χ0v) is 7.82. The maximum absolute atomic E-state index is 11.4. The van der Waals surface area contributed by atoms with E-state index in [4.69, 9.17) is 9.84 Å². The first-order valence-corrected chi connectivity index (χ1v) is 4.48. The number of morpholine rings is 1. The molecule has 0 unspecified atom stereocenters. The van der Waals surface area contributed by atoms with Crippen molar-refractivity contribution in [2.75, 3.05) is 32.9 Å². The molecule has 1 saturated heterocycles. The second-order valence-electron chi connectivity index (χ2n) is 3.13. The van der Waals surface area contributed by atoms with E-state index in [0.717, 1.165) is 0 Å². The van der Waals surface area contributed by atoms with Crippen molar-refractivity contribution in [1.82, 2.24) is 10.2 Å². The third-order valence-corrected chi connectivity index (χ3v) is 1.94. The summed E-state index contributed by atoms with van der Waals surface area (Å²) in [7, 11) is 0. The summed E-state index contributed by atoms with van der Waals surface area (Å²) in [5.41, 5.74) is 0. The van der Waals surface area contributed by atoms with Gasteiger partial charge in [0.1, 0.15) is 0 Å². The minimum atomic E-state index is -0.185. The van der Waals surface area contributed by atoms with E-state index in [0.29, 0.717) is 26.3 Å². The largest absolute Gasteiger partial charge is 0.394 e. The first-order chi connectivity index (χ1) is 6.24. The summed E-state index contributed by atoms with van der Waals surface area (Å²) < 4.78 is 5.11. The predicted octanol–water partition coefficient (Wildman–Crippen LogP) is -0.591. The van der Waals surface area contributed by atoms with Gasteiger partial charge in [-0.05, 0) is 6.92 Å². The first kappa shape index (κ1) is 10.3. The van der Waals surface area contributed by atoms with E-state index in [-0.39, 0.29) is 18.7 Å². The molecule has 5 nitrogen and oxygen atoms in total. The van der Waals surface area contributed by atoms with Gasteiger partial charge in [0.2, 0.25) is 0 Å². The third-order valence-electron chi connectivity index (χ3n) is 1.94. The summed E-state index contributed by atoms with van der Waals surface area (Å²) in [5.74, 6) is 0. The van der Waals surface area contributed by atoms with Gasteiger partial charge < -0.3 is 20.1 Å². The molecule has 1 rings (SSSR count). The predicted molar refractivity (Wildman–Crippen MR) is 47.5 cm³/mol. The van der Waals surface area contributed by atoms with E-state index in [1.165, 1.54) is 0 Å². The van der Waals surface area contributed by atoms with Crippen LogP contribution in [0.5, 0.6) is 0 Å². The van der Waals surface area contributed by atoms with Crippen molar-refractivity contribution in [3.05, 3.63) is 0 Å². The van der Waals surface area contributed by atoms with Crippen molar-refractivity contribution in [1.29, 1.82) is 0 Å². The van der Waals surface area contributed by atoms with Crippen molar-refractivity contribution in [2.45, 2.75) is 13.0 Å². The van der Waals surface area contributed by atoms with Crippen LogP contribution in [-0.4, -0.2) is 55.0 Å². The lowest BCUT2D eigenvalue weighted by molar-refractivity contribution is 0.0520. The molecule has 0 aromatic carbocycles. The lowest BCUT2D eigenvalue weighted by Gasteiger charge is -2.28. The number of aliphatic hydroxyl groups excluding tert-OH is 1. The van der Waals surface area contributed by atoms with E-state index >= 15 is 0 Å². The second kappa shape index (κ2) is 5.04. The quantitative estimate of drug-likeness (QED) is 0.609. The maximum atomic E-state index is 11.4. The summed E-state index contributed by atoms with van der Waals surface area (Å²) in [6.45, 7) is 4.18. The van der Waals surface area contributed by atoms with Gasteiger partial charge in [-0.3, -0.25) is 0 Å². The van der Waals surface area contributed by atoms with Crippen molar-refractivity contribution >= 4 is 6.03 Å². The van der Waals surface area contributed by atoms with Gasteiger partial charge in [-0.2, -0.15) is 0 Å². The molecule has 2 N–H and O–H groups in total. The fourth-order valence-corrected chi connectivity index (χ4v) is 1.11. The van der Waals surface area contributed by atoms with Crippen molar-refractivity contribution in [3.8, 4) is 0 Å². The number of aliphatic hydroxyl groups is 1. The fraction of sp³-hybridized carbons (Fsp3) is 0.875. The van der Waals surface area contributed by atoms with Crippen LogP contribution in [0.15, 0.2) is 0 Å². The van der Waals surface area contributed by atoms with Gasteiger partial charge >= 0.3 is 6.03 Å². The number of carbonyl (C=O) groups is 1. The van der Waals surface area contributed by atoms with E-state index in [1.807, 2.05) is 0 Å². The molecule has 0 aliphatic carbocycles. The van der Waals surface area contributed by atoms with Crippen LogP contribution in [0.4, 0.5) is 4.79 Å². The molecule has 5 heteroatoms. The van der Waals surface area contributed by atoms with Gasteiger partial charge in [-0.1, -0.05) is 0 Å². The van der Waals surface area contributed by atoms with Crippen LogP contribution in [0.1, 0.15) is 6.92 Å². The van der Waals surface area contributed by atoms with E-state index < -0.39 is 0 Å². The first-order valence-electron chi connectivity index (χ1n) is 4.48.